The van der Waals surface area contributed by atoms with Crippen molar-refractivity contribution in [2.45, 2.75) is 50.0 Å². The molecule has 1 aliphatic carbocycles. The van der Waals surface area contributed by atoms with E-state index < -0.39 is 17.1 Å². The molecule has 3 fully saturated rings. The molecule has 0 spiro atoms. The molecular formula is C22H27FN2O4. The summed E-state index contributed by atoms with van der Waals surface area (Å²) in [6.45, 7) is 1.01. The summed E-state index contributed by atoms with van der Waals surface area (Å²) in [4.78, 5) is 42.4. The second-order valence-corrected chi connectivity index (χ2v) is 8.49. The van der Waals surface area contributed by atoms with Gasteiger partial charge in [-0.1, -0.05) is 24.6 Å². The molecule has 2 aliphatic heterocycles. The van der Waals surface area contributed by atoms with Gasteiger partial charge in [-0.2, -0.15) is 0 Å². The number of likely N-dealkylation sites (tertiary alicyclic amines) is 2. The number of hydrogen-bond donors (Lipinski definition) is 0. The summed E-state index contributed by atoms with van der Waals surface area (Å²) in [5.41, 5.74) is -1.35. The third kappa shape index (κ3) is 3.45. The van der Waals surface area contributed by atoms with Gasteiger partial charge >= 0.3 is 0 Å². The third-order valence-corrected chi connectivity index (χ3v) is 6.74. The lowest BCUT2D eigenvalue weighted by Crippen LogP contribution is -2.45. The van der Waals surface area contributed by atoms with E-state index in [9.17, 15) is 18.8 Å². The predicted octanol–water partition coefficient (Wildman–Crippen LogP) is 2.26. The minimum atomic E-state index is -1.48. The second kappa shape index (κ2) is 7.86. The molecule has 3 aliphatic rings. The van der Waals surface area contributed by atoms with Crippen molar-refractivity contribution in [1.82, 2.24) is 9.80 Å². The molecule has 0 aromatic heterocycles. The number of carbonyl (C=O) groups is 3. The number of amides is 3. The molecule has 4 rings (SSSR count). The molecule has 0 radical (unpaired) electrons. The van der Waals surface area contributed by atoms with Gasteiger partial charge in [0, 0.05) is 38.1 Å². The van der Waals surface area contributed by atoms with Crippen LogP contribution in [0.5, 0.6) is 0 Å². The Balaban J connectivity index is 1.67. The first-order valence-electron chi connectivity index (χ1n) is 10.3. The van der Waals surface area contributed by atoms with Crippen LogP contribution >= 0.6 is 0 Å². The quantitative estimate of drug-likeness (QED) is 0.685. The highest BCUT2D eigenvalue weighted by Crippen LogP contribution is 2.43. The molecule has 6 nitrogen and oxygen atoms in total. The van der Waals surface area contributed by atoms with Crippen LogP contribution in [0, 0.1) is 11.7 Å². The molecule has 1 saturated carbocycles. The Morgan fingerprint density at radius 3 is 2.79 bits per heavy atom. The summed E-state index contributed by atoms with van der Waals surface area (Å²) in [6, 6.07) is 6.19. The monoisotopic (exact) mass is 402 g/mol. The molecule has 3 unspecified atom stereocenters. The van der Waals surface area contributed by atoms with Crippen molar-refractivity contribution in [2.24, 2.45) is 5.92 Å². The first-order valence-corrected chi connectivity index (χ1v) is 10.3. The number of ether oxygens (including phenoxy) is 1. The predicted molar refractivity (Wildman–Crippen MR) is 103 cm³/mol. The van der Waals surface area contributed by atoms with Crippen LogP contribution in [0.15, 0.2) is 24.3 Å². The average Bonchev–Trinajstić information content (AvgIpc) is 3.13. The van der Waals surface area contributed by atoms with Crippen LogP contribution in [0.4, 0.5) is 4.39 Å². The van der Waals surface area contributed by atoms with Gasteiger partial charge in [0.25, 0.3) is 0 Å². The number of halogens is 1. The summed E-state index contributed by atoms with van der Waals surface area (Å²) in [5, 5.41) is 0. The number of rotatable bonds is 6. The summed E-state index contributed by atoms with van der Waals surface area (Å²) >= 11 is 0. The number of methoxy groups -OCH3 is 1. The fourth-order valence-electron chi connectivity index (χ4n) is 5.31. The maximum Gasteiger partial charge on any atom is 0.241 e. The van der Waals surface area contributed by atoms with Crippen LogP contribution in [-0.4, -0.2) is 60.4 Å². The van der Waals surface area contributed by atoms with Crippen molar-refractivity contribution in [3.8, 4) is 0 Å². The van der Waals surface area contributed by atoms with E-state index in [1.165, 1.54) is 19.2 Å². The first-order chi connectivity index (χ1) is 14.0. The van der Waals surface area contributed by atoms with Crippen molar-refractivity contribution in [1.29, 1.82) is 0 Å². The van der Waals surface area contributed by atoms with Crippen molar-refractivity contribution in [3.05, 3.63) is 35.6 Å². The van der Waals surface area contributed by atoms with Gasteiger partial charge in [0.2, 0.25) is 17.7 Å². The van der Waals surface area contributed by atoms with E-state index in [1.807, 2.05) is 4.90 Å². The number of nitrogens with zero attached hydrogens (tertiary/aromatic N) is 2. The molecule has 2 saturated heterocycles. The molecular weight excluding hydrogens is 375 g/mol. The smallest absolute Gasteiger partial charge is 0.241 e. The lowest BCUT2D eigenvalue weighted by molar-refractivity contribution is -0.143. The molecule has 7 heteroatoms. The Labute approximate surface area is 170 Å². The largest absolute Gasteiger partial charge is 0.383 e. The molecule has 3 atom stereocenters. The average molecular weight is 402 g/mol. The van der Waals surface area contributed by atoms with E-state index in [0.29, 0.717) is 12.5 Å². The molecule has 0 N–H and O–H groups in total. The minimum Gasteiger partial charge on any atom is -0.383 e. The number of carbonyl (C=O) groups excluding carboxylic acids is 3. The van der Waals surface area contributed by atoms with Crippen LogP contribution in [0.2, 0.25) is 0 Å². The molecule has 3 amide bonds. The zero-order valence-electron chi connectivity index (χ0n) is 16.7. The molecule has 1 aromatic carbocycles. The van der Waals surface area contributed by atoms with E-state index in [1.54, 1.807) is 12.1 Å². The van der Waals surface area contributed by atoms with E-state index in [2.05, 4.69) is 0 Å². The number of hydrogen-bond acceptors (Lipinski definition) is 4. The molecule has 1 aromatic rings. The summed E-state index contributed by atoms with van der Waals surface area (Å²) < 4.78 is 19.8. The maximum atomic E-state index is 14.8. The number of imide groups is 1. The Bertz CT molecular complexity index is 829. The van der Waals surface area contributed by atoms with Gasteiger partial charge < -0.3 is 9.64 Å². The Hall–Kier alpha value is -2.28. The Morgan fingerprint density at radius 2 is 2.07 bits per heavy atom. The topological polar surface area (TPSA) is 66.9 Å². The standard InChI is InChI=1S/C22H27FN2O4/c1-29-10-9-24-19(26)12-22(21(24)28,17-7-2-3-8-18(17)23)13-20(27)25-14-15-5-4-6-16(25)11-15/h2-3,7-8,15-16H,4-6,9-14H2,1H3. The minimum absolute atomic E-state index is 0.104. The summed E-state index contributed by atoms with van der Waals surface area (Å²) in [5.74, 6) is -1.09. The van der Waals surface area contributed by atoms with Crippen molar-refractivity contribution in [2.75, 3.05) is 26.8 Å². The normalized spacial score (nSPS) is 29.0. The van der Waals surface area contributed by atoms with Gasteiger partial charge in [0.1, 0.15) is 5.82 Å². The Kier molecular flexibility index (Phi) is 5.42. The van der Waals surface area contributed by atoms with Gasteiger partial charge in [0.05, 0.1) is 18.6 Å². The van der Waals surface area contributed by atoms with E-state index in [0.717, 1.165) is 30.6 Å². The van der Waals surface area contributed by atoms with Gasteiger partial charge in [-0.05, 0) is 31.2 Å². The van der Waals surface area contributed by atoms with Crippen LogP contribution < -0.4 is 0 Å². The highest BCUT2D eigenvalue weighted by Gasteiger charge is 2.55. The van der Waals surface area contributed by atoms with Gasteiger partial charge in [-0.25, -0.2) is 4.39 Å². The fraction of sp³-hybridized carbons (Fsp3) is 0.591. The summed E-state index contributed by atoms with van der Waals surface area (Å²) in [7, 11) is 1.49. The van der Waals surface area contributed by atoms with Gasteiger partial charge in [0.15, 0.2) is 0 Å². The molecule has 156 valence electrons. The number of benzene rings is 1. The second-order valence-electron chi connectivity index (χ2n) is 8.49. The SMILES string of the molecule is COCCN1C(=O)CC(CC(=O)N2CC3CCCC2C3)(c2ccccc2F)C1=O. The van der Waals surface area contributed by atoms with Crippen LogP contribution in [0.1, 0.15) is 44.1 Å². The van der Waals surface area contributed by atoms with Crippen LogP contribution in [0.25, 0.3) is 0 Å². The lowest BCUT2D eigenvalue weighted by Gasteiger charge is -2.31. The highest BCUT2D eigenvalue weighted by molar-refractivity contribution is 6.10. The molecule has 2 bridgehead atoms. The lowest BCUT2D eigenvalue weighted by atomic mass is 9.75. The van der Waals surface area contributed by atoms with Gasteiger partial charge in [-0.3, -0.25) is 19.3 Å². The van der Waals surface area contributed by atoms with E-state index in [-0.39, 0.29) is 49.4 Å². The zero-order chi connectivity index (χ0) is 20.6. The van der Waals surface area contributed by atoms with Crippen LogP contribution in [0.3, 0.4) is 0 Å². The van der Waals surface area contributed by atoms with E-state index in [4.69, 9.17) is 4.74 Å². The summed E-state index contributed by atoms with van der Waals surface area (Å²) in [6.07, 6.45) is 3.85. The van der Waals surface area contributed by atoms with Crippen molar-refractivity contribution < 1.29 is 23.5 Å². The Morgan fingerprint density at radius 1 is 1.28 bits per heavy atom. The van der Waals surface area contributed by atoms with Crippen LogP contribution in [-0.2, 0) is 24.5 Å². The third-order valence-electron chi connectivity index (χ3n) is 6.74. The van der Waals surface area contributed by atoms with Crippen molar-refractivity contribution >= 4 is 17.7 Å². The zero-order valence-corrected chi connectivity index (χ0v) is 16.7. The molecule has 2 heterocycles. The maximum absolute atomic E-state index is 14.8. The van der Waals surface area contributed by atoms with E-state index >= 15 is 0 Å². The fourth-order valence-corrected chi connectivity index (χ4v) is 5.31. The first kappa shape index (κ1) is 20.0. The van der Waals surface area contributed by atoms with Gasteiger partial charge in [-0.15, -0.1) is 0 Å². The molecule has 29 heavy (non-hydrogen) atoms. The number of fused-ring (bicyclic) bond motifs is 2. The van der Waals surface area contributed by atoms with Crippen molar-refractivity contribution in [3.63, 3.8) is 0 Å². The highest BCUT2D eigenvalue weighted by atomic mass is 19.1.